The number of methoxy groups -OCH3 is 2. The molecule has 0 aromatic heterocycles. The van der Waals surface area contributed by atoms with Gasteiger partial charge in [-0.2, -0.15) is 0 Å². The summed E-state index contributed by atoms with van der Waals surface area (Å²) >= 11 is 10.9. The van der Waals surface area contributed by atoms with Gasteiger partial charge in [0.05, 0.1) is 23.6 Å². The molecule has 0 spiro atoms. The van der Waals surface area contributed by atoms with Gasteiger partial charge in [0.15, 0.2) is 16.7 Å². The molecule has 0 saturated carbocycles. The van der Waals surface area contributed by atoms with Gasteiger partial charge < -0.3 is 19.5 Å². The zero-order valence-corrected chi connectivity index (χ0v) is 21.5. The van der Waals surface area contributed by atoms with Crippen LogP contribution in [-0.2, 0) is 11.4 Å². The molecule has 1 N–H and O–H groups in total. The summed E-state index contributed by atoms with van der Waals surface area (Å²) in [6, 6.07) is 18.7. The van der Waals surface area contributed by atoms with Crippen molar-refractivity contribution >= 4 is 62.1 Å². The molecule has 6 nitrogen and oxygen atoms in total. The first-order valence-electron chi connectivity index (χ1n) is 10.1. The number of thioether (sulfide) groups is 1. The van der Waals surface area contributed by atoms with Crippen LogP contribution in [-0.4, -0.2) is 25.3 Å². The summed E-state index contributed by atoms with van der Waals surface area (Å²) in [5.41, 5.74) is 2.35. The number of carbonyl (C=O) groups excluding carboxylic acids is 1. The number of rotatable bonds is 7. The molecular formula is C25H20BrClN2O4S. The fourth-order valence-electron chi connectivity index (χ4n) is 3.18. The molecule has 0 atom stereocenters. The molecule has 174 valence electrons. The van der Waals surface area contributed by atoms with Gasteiger partial charge in [0.1, 0.15) is 18.0 Å². The van der Waals surface area contributed by atoms with Gasteiger partial charge in [0.25, 0.3) is 5.91 Å². The number of ether oxygens (including phenoxy) is 3. The molecule has 1 amide bonds. The van der Waals surface area contributed by atoms with Gasteiger partial charge in [0, 0.05) is 5.02 Å². The first-order valence-corrected chi connectivity index (χ1v) is 12.1. The Morgan fingerprint density at radius 2 is 1.82 bits per heavy atom. The lowest BCUT2D eigenvalue weighted by Gasteiger charge is -2.13. The zero-order valence-electron chi connectivity index (χ0n) is 18.3. The number of benzene rings is 3. The first-order chi connectivity index (χ1) is 16.5. The largest absolute Gasteiger partial charge is 0.494 e. The van der Waals surface area contributed by atoms with Crippen molar-refractivity contribution in [3.8, 4) is 17.2 Å². The third kappa shape index (κ3) is 5.75. The van der Waals surface area contributed by atoms with E-state index in [0.717, 1.165) is 15.6 Å². The maximum atomic E-state index is 12.6. The summed E-state index contributed by atoms with van der Waals surface area (Å²) in [5.74, 6) is 1.46. The van der Waals surface area contributed by atoms with E-state index in [-0.39, 0.29) is 5.91 Å². The lowest BCUT2D eigenvalue weighted by atomic mass is 10.2. The van der Waals surface area contributed by atoms with Crippen LogP contribution in [0.5, 0.6) is 17.2 Å². The highest BCUT2D eigenvalue weighted by atomic mass is 79.9. The van der Waals surface area contributed by atoms with Gasteiger partial charge >= 0.3 is 0 Å². The Balaban J connectivity index is 1.56. The van der Waals surface area contributed by atoms with Crippen LogP contribution < -0.4 is 19.5 Å². The van der Waals surface area contributed by atoms with E-state index < -0.39 is 0 Å². The molecule has 3 aromatic carbocycles. The van der Waals surface area contributed by atoms with Gasteiger partial charge in [-0.05, 0) is 75.2 Å². The highest BCUT2D eigenvalue weighted by Crippen LogP contribution is 2.39. The lowest BCUT2D eigenvalue weighted by molar-refractivity contribution is -0.115. The maximum absolute atomic E-state index is 12.6. The molecule has 1 aliphatic heterocycles. The van der Waals surface area contributed by atoms with Crippen molar-refractivity contribution in [3.63, 3.8) is 0 Å². The topological polar surface area (TPSA) is 69.2 Å². The monoisotopic (exact) mass is 558 g/mol. The number of nitrogens with zero attached hydrogens (tertiary/aromatic N) is 1. The Bertz CT molecular complexity index is 1280. The Morgan fingerprint density at radius 1 is 1.06 bits per heavy atom. The van der Waals surface area contributed by atoms with E-state index in [1.54, 1.807) is 38.5 Å². The molecule has 1 heterocycles. The van der Waals surface area contributed by atoms with Crippen LogP contribution in [0.3, 0.4) is 0 Å². The Kier molecular flexibility index (Phi) is 7.82. The van der Waals surface area contributed by atoms with Crippen LogP contribution in [0, 0.1) is 0 Å². The van der Waals surface area contributed by atoms with Crippen LogP contribution in [0.4, 0.5) is 5.69 Å². The first kappa shape index (κ1) is 24.2. The SMILES string of the molecule is COc1ccc(Cl)cc1N=C1NC(=O)/C(=C/c2cc(Br)c(OCc3ccccc3)c(OC)c2)S1. The molecule has 4 rings (SSSR count). The third-order valence-corrected chi connectivity index (χ3v) is 6.52. The van der Waals surface area contributed by atoms with Gasteiger partial charge in [-0.3, -0.25) is 4.79 Å². The van der Waals surface area contributed by atoms with E-state index in [2.05, 4.69) is 26.2 Å². The number of aliphatic imine (C=N–C) groups is 1. The fraction of sp³-hybridized carbons (Fsp3) is 0.120. The minimum atomic E-state index is -0.246. The fourth-order valence-corrected chi connectivity index (χ4v) is 4.76. The summed E-state index contributed by atoms with van der Waals surface area (Å²) in [7, 11) is 3.13. The predicted octanol–water partition coefficient (Wildman–Crippen LogP) is 6.59. The summed E-state index contributed by atoms with van der Waals surface area (Å²) < 4.78 is 17.6. The second-order valence-electron chi connectivity index (χ2n) is 7.11. The molecule has 1 saturated heterocycles. The standard InChI is InChI=1S/C25H20BrClN2O4S/c1-31-20-9-8-17(27)13-19(20)28-25-29-24(30)22(34-25)12-16-10-18(26)23(21(11-16)32-2)33-14-15-6-4-3-5-7-15/h3-13H,14H2,1-2H3,(H,28,29,30)/b22-12-. The van der Waals surface area contributed by atoms with E-state index in [9.17, 15) is 4.79 Å². The highest BCUT2D eigenvalue weighted by Gasteiger charge is 2.25. The average molecular weight is 560 g/mol. The Hall–Kier alpha value is -2.94. The number of amides is 1. The second-order valence-corrected chi connectivity index (χ2v) is 9.43. The molecule has 0 unspecified atom stereocenters. The molecule has 1 aliphatic rings. The molecule has 1 fully saturated rings. The van der Waals surface area contributed by atoms with E-state index in [1.807, 2.05) is 42.5 Å². The third-order valence-electron chi connectivity index (χ3n) is 4.79. The lowest BCUT2D eigenvalue weighted by Crippen LogP contribution is -2.19. The van der Waals surface area contributed by atoms with Crippen molar-refractivity contribution in [2.75, 3.05) is 14.2 Å². The van der Waals surface area contributed by atoms with E-state index in [4.69, 9.17) is 25.8 Å². The smallest absolute Gasteiger partial charge is 0.264 e. The molecule has 0 bridgehead atoms. The summed E-state index contributed by atoms with van der Waals surface area (Å²) in [6.07, 6.45) is 1.77. The predicted molar refractivity (Wildman–Crippen MR) is 140 cm³/mol. The van der Waals surface area contributed by atoms with E-state index in [0.29, 0.717) is 44.6 Å². The van der Waals surface area contributed by atoms with Crippen LogP contribution in [0.1, 0.15) is 11.1 Å². The number of hydrogen-bond donors (Lipinski definition) is 1. The molecular weight excluding hydrogens is 540 g/mol. The van der Waals surface area contributed by atoms with E-state index >= 15 is 0 Å². The van der Waals surface area contributed by atoms with Gasteiger partial charge in [-0.1, -0.05) is 41.9 Å². The van der Waals surface area contributed by atoms with Gasteiger partial charge in [-0.15, -0.1) is 0 Å². The van der Waals surface area contributed by atoms with Crippen LogP contribution >= 0.6 is 39.3 Å². The number of amidine groups is 1. The Morgan fingerprint density at radius 3 is 2.56 bits per heavy atom. The summed E-state index contributed by atoms with van der Waals surface area (Å²) in [5, 5.41) is 3.74. The normalized spacial score (nSPS) is 15.5. The zero-order chi connectivity index (χ0) is 24.1. The van der Waals surface area contributed by atoms with Gasteiger partial charge in [-0.25, -0.2) is 4.99 Å². The quantitative estimate of drug-likeness (QED) is 0.331. The second kappa shape index (κ2) is 11.0. The Labute approximate surface area is 215 Å². The van der Waals surface area contributed by atoms with Gasteiger partial charge in [0.2, 0.25) is 0 Å². The minimum Gasteiger partial charge on any atom is -0.494 e. The molecule has 0 aliphatic carbocycles. The summed E-state index contributed by atoms with van der Waals surface area (Å²) in [4.78, 5) is 17.5. The van der Waals surface area contributed by atoms with E-state index in [1.165, 1.54) is 11.8 Å². The van der Waals surface area contributed by atoms with Crippen molar-refractivity contribution in [2.24, 2.45) is 4.99 Å². The minimum absolute atomic E-state index is 0.246. The van der Waals surface area contributed by atoms with Crippen molar-refractivity contribution in [1.29, 1.82) is 0 Å². The molecule has 34 heavy (non-hydrogen) atoms. The van der Waals surface area contributed by atoms with Crippen LogP contribution in [0.25, 0.3) is 6.08 Å². The number of hydrogen-bond acceptors (Lipinski definition) is 6. The van der Waals surface area contributed by atoms with Crippen molar-refractivity contribution in [3.05, 3.63) is 86.2 Å². The number of nitrogens with one attached hydrogen (secondary N) is 1. The van der Waals surface area contributed by atoms with Crippen LogP contribution in [0.2, 0.25) is 5.02 Å². The average Bonchev–Trinajstić information content (AvgIpc) is 3.17. The number of halogens is 2. The number of carbonyl (C=O) groups is 1. The van der Waals surface area contributed by atoms with Crippen molar-refractivity contribution in [2.45, 2.75) is 6.61 Å². The van der Waals surface area contributed by atoms with Crippen molar-refractivity contribution < 1.29 is 19.0 Å². The van der Waals surface area contributed by atoms with Crippen molar-refractivity contribution in [1.82, 2.24) is 5.32 Å². The highest BCUT2D eigenvalue weighted by molar-refractivity contribution is 9.10. The molecule has 9 heteroatoms. The molecule has 3 aromatic rings. The molecule has 0 radical (unpaired) electrons. The van der Waals surface area contributed by atoms with Crippen LogP contribution in [0.15, 0.2) is 75.0 Å². The summed E-state index contributed by atoms with van der Waals surface area (Å²) in [6.45, 7) is 0.404. The maximum Gasteiger partial charge on any atom is 0.264 e.